The van der Waals surface area contributed by atoms with Crippen LogP contribution in [-0.4, -0.2) is 15.3 Å². The minimum absolute atomic E-state index is 0.0500. The molecule has 0 aliphatic heterocycles. The number of nitrogens with one attached hydrogen (secondary N) is 1. The Kier molecular flexibility index (Phi) is 2.97. The lowest BCUT2D eigenvalue weighted by molar-refractivity contribution is 0.0931. The lowest BCUT2D eigenvalue weighted by Crippen LogP contribution is -2.28. The summed E-state index contributed by atoms with van der Waals surface area (Å²) < 4.78 is 1.74. The SMILES string of the molecule is O=C(NC1CCc2ccccc21)c1c(Cl)nc2sccn12. The standard InChI is InChI=1S/C15H12ClN3OS/c16-13-12(19-7-8-21-15(19)18-13)14(20)17-11-6-5-9-3-1-2-4-10(9)11/h1-4,7-8,11H,5-6H2,(H,17,20). The number of carbonyl (C=O) groups is 1. The molecule has 1 N–H and O–H groups in total. The van der Waals surface area contributed by atoms with E-state index in [4.69, 9.17) is 11.6 Å². The molecule has 0 fully saturated rings. The number of hydrogen-bond acceptors (Lipinski definition) is 3. The molecule has 2 aromatic heterocycles. The maximum Gasteiger partial charge on any atom is 0.272 e. The highest BCUT2D eigenvalue weighted by Gasteiger charge is 2.26. The third-order valence-electron chi connectivity index (χ3n) is 3.87. The predicted molar refractivity (Wildman–Crippen MR) is 83.0 cm³/mol. The van der Waals surface area contributed by atoms with Crippen LogP contribution in [0.25, 0.3) is 4.96 Å². The van der Waals surface area contributed by atoms with E-state index < -0.39 is 0 Å². The van der Waals surface area contributed by atoms with Crippen molar-refractivity contribution < 1.29 is 4.79 Å². The Morgan fingerprint density at radius 3 is 3.19 bits per heavy atom. The molecule has 6 heteroatoms. The van der Waals surface area contributed by atoms with E-state index in [0.717, 1.165) is 17.8 Å². The second kappa shape index (κ2) is 4.86. The number of fused-ring (bicyclic) bond motifs is 2. The fraction of sp³-hybridized carbons (Fsp3) is 0.200. The summed E-state index contributed by atoms with van der Waals surface area (Å²) in [5.41, 5.74) is 2.92. The van der Waals surface area contributed by atoms with Gasteiger partial charge in [-0.2, -0.15) is 0 Å². The van der Waals surface area contributed by atoms with E-state index in [-0.39, 0.29) is 17.1 Å². The molecule has 1 aliphatic rings. The molecule has 1 unspecified atom stereocenters. The fourth-order valence-electron chi connectivity index (χ4n) is 2.90. The van der Waals surface area contributed by atoms with Crippen molar-refractivity contribution in [2.24, 2.45) is 0 Å². The second-order valence-corrected chi connectivity index (χ2v) is 6.30. The van der Waals surface area contributed by atoms with Crippen molar-refractivity contribution in [1.29, 1.82) is 0 Å². The predicted octanol–water partition coefficient (Wildman–Crippen LogP) is 3.47. The molecular weight excluding hydrogens is 306 g/mol. The average molecular weight is 318 g/mol. The minimum Gasteiger partial charge on any atom is -0.344 e. The van der Waals surface area contributed by atoms with Crippen molar-refractivity contribution in [3.8, 4) is 0 Å². The van der Waals surface area contributed by atoms with Gasteiger partial charge in [-0.25, -0.2) is 4.98 Å². The average Bonchev–Trinajstić information content (AvgIpc) is 3.13. The number of halogens is 1. The lowest BCUT2D eigenvalue weighted by atomic mass is 10.1. The first-order chi connectivity index (χ1) is 10.2. The zero-order valence-electron chi connectivity index (χ0n) is 11.0. The summed E-state index contributed by atoms with van der Waals surface area (Å²) in [6, 6.07) is 8.28. The molecule has 1 aromatic carbocycles. The second-order valence-electron chi connectivity index (χ2n) is 5.07. The Morgan fingerprint density at radius 2 is 2.29 bits per heavy atom. The first-order valence-electron chi connectivity index (χ1n) is 6.74. The molecule has 0 radical (unpaired) electrons. The Labute approximate surface area is 130 Å². The van der Waals surface area contributed by atoms with Gasteiger partial charge in [0, 0.05) is 11.6 Å². The zero-order chi connectivity index (χ0) is 14.4. The first-order valence-corrected chi connectivity index (χ1v) is 7.99. The van der Waals surface area contributed by atoms with Gasteiger partial charge >= 0.3 is 0 Å². The molecule has 1 aliphatic carbocycles. The number of hydrogen-bond donors (Lipinski definition) is 1. The quantitative estimate of drug-likeness (QED) is 0.786. The summed E-state index contributed by atoms with van der Waals surface area (Å²) in [6.45, 7) is 0. The smallest absolute Gasteiger partial charge is 0.272 e. The Bertz CT molecular complexity index is 838. The summed E-state index contributed by atoms with van der Waals surface area (Å²) in [5.74, 6) is -0.174. The van der Waals surface area contributed by atoms with Crippen LogP contribution in [0.1, 0.15) is 34.1 Å². The van der Waals surface area contributed by atoms with Crippen LogP contribution < -0.4 is 5.32 Å². The largest absolute Gasteiger partial charge is 0.344 e. The van der Waals surface area contributed by atoms with Crippen LogP contribution in [0.5, 0.6) is 0 Å². The first kappa shape index (κ1) is 12.9. The van der Waals surface area contributed by atoms with Crippen LogP contribution >= 0.6 is 22.9 Å². The normalized spacial score (nSPS) is 17.1. The van der Waals surface area contributed by atoms with Crippen LogP contribution in [0.2, 0.25) is 5.15 Å². The van der Waals surface area contributed by atoms with Gasteiger partial charge in [0.25, 0.3) is 5.91 Å². The molecule has 1 amide bonds. The summed E-state index contributed by atoms with van der Waals surface area (Å²) in [4.78, 5) is 17.5. The van der Waals surface area contributed by atoms with Gasteiger partial charge in [-0.05, 0) is 24.0 Å². The summed E-state index contributed by atoms with van der Waals surface area (Å²) in [5, 5.41) is 5.23. The molecule has 0 spiro atoms. The summed E-state index contributed by atoms with van der Waals surface area (Å²) in [7, 11) is 0. The van der Waals surface area contributed by atoms with Crippen LogP contribution in [0.3, 0.4) is 0 Å². The highest BCUT2D eigenvalue weighted by atomic mass is 35.5. The van der Waals surface area contributed by atoms with E-state index in [2.05, 4.69) is 22.4 Å². The monoisotopic (exact) mass is 317 g/mol. The molecule has 1 atom stereocenters. The van der Waals surface area contributed by atoms with Gasteiger partial charge < -0.3 is 5.32 Å². The number of carbonyl (C=O) groups excluding carboxylic acids is 1. The molecule has 21 heavy (non-hydrogen) atoms. The minimum atomic E-state index is -0.174. The molecular formula is C15H12ClN3OS. The van der Waals surface area contributed by atoms with E-state index >= 15 is 0 Å². The van der Waals surface area contributed by atoms with Crippen molar-refractivity contribution in [3.63, 3.8) is 0 Å². The van der Waals surface area contributed by atoms with Crippen molar-refractivity contribution in [1.82, 2.24) is 14.7 Å². The number of aromatic nitrogens is 2. The van der Waals surface area contributed by atoms with Gasteiger partial charge in [0.05, 0.1) is 6.04 Å². The van der Waals surface area contributed by atoms with Crippen LogP contribution in [-0.2, 0) is 6.42 Å². The number of nitrogens with zero attached hydrogens (tertiary/aromatic N) is 2. The van der Waals surface area contributed by atoms with E-state index in [1.165, 1.54) is 22.5 Å². The maximum absolute atomic E-state index is 12.6. The third-order valence-corrected chi connectivity index (χ3v) is 4.89. The van der Waals surface area contributed by atoms with Gasteiger partial charge in [-0.3, -0.25) is 9.20 Å². The molecule has 0 bridgehead atoms. The van der Waals surface area contributed by atoms with Crippen molar-refractivity contribution >= 4 is 33.8 Å². The fourth-order valence-corrected chi connectivity index (χ4v) is 3.92. The Balaban J connectivity index is 1.65. The Hall–Kier alpha value is -1.85. The number of amides is 1. The van der Waals surface area contributed by atoms with Gasteiger partial charge in [0.1, 0.15) is 0 Å². The Morgan fingerprint density at radius 1 is 1.43 bits per heavy atom. The molecule has 3 aromatic rings. The number of rotatable bonds is 2. The maximum atomic E-state index is 12.6. The van der Waals surface area contributed by atoms with E-state index in [0.29, 0.717) is 5.69 Å². The lowest BCUT2D eigenvalue weighted by Gasteiger charge is -2.13. The van der Waals surface area contributed by atoms with Crippen molar-refractivity contribution in [3.05, 3.63) is 57.8 Å². The van der Waals surface area contributed by atoms with Gasteiger partial charge in [0.2, 0.25) is 0 Å². The number of benzene rings is 1. The summed E-state index contributed by atoms with van der Waals surface area (Å²) in [6.07, 6.45) is 3.74. The molecule has 106 valence electrons. The third kappa shape index (κ3) is 2.04. The van der Waals surface area contributed by atoms with Crippen molar-refractivity contribution in [2.45, 2.75) is 18.9 Å². The number of imidazole rings is 1. The molecule has 4 rings (SSSR count). The molecule has 0 saturated carbocycles. The highest BCUT2D eigenvalue weighted by molar-refractivity contribution is 7.15. The molecule has 2 heterocycles. The van der Waals surface area contributed by atoms with Crippen LogP contribution in [0.15, 0.2) is 35.8 Å². The molecule has 0 saturated heterocycles. The van der Waals surface area contributed by atoms with Crippen molar-refractivity contribution in [2.75, 3.05) is 0 Å². The number of aryl methyl sites for hydroxylation is 1. The summed E-state index contributed by atoms with van der Waals surface area (Å²) >= 11 is 7.56. The van der Waals surface area contributed by atoms with E-state index in [1.807, 2.05) is 23.7 Å². The van der Waals surface area contributed by atoms with Gasteiger partial charge in [-0.1, -0.05) is 35.9 Å². The zero-order valence-corrected chi connectivity index (χ0v) is 12.6. The van der Waals surface area contributed by atoms with Crippen LogP contribution in [0, 0.1) is 0 Å². The van der Waals surface area contributed by atoms with Gasteiger partial charge in [0.15, 0.2) is 15.8 Å². The number of thiazole rings is 1. The van der Waals surface area contributed by atoms with Crippen LogP contribution in [0.4, 0.5) is 0 Å². The van der Waals surface area contributed by atoms with Gasteiger partial charge in [-0.15, -0.1) is 11.3 Å². The highest BCUT2D eigenvalue weighted by Crippen LogP contribution is 2.31. The van der Waals surface area contributed by atoms with E-state index in [1.54, 1.807) is 4.40 Å². The topological polar surface area (TPSA) is 46.4 Å². The van der Waals surface area contributed by atoms with E-state index in [9.17, 15) is 4.79 Å². The molecule has 4 nitrogen and oxygen atoms in total.